The number of anilines is 1. The zero-order valence-corrected chi connectivity index (χ0v) is 16.8. The molecule has 2 atom stereocenters. The molecule has 29 heavy (non-hydrogen) atoms. The van der Waals surface area contributed by atoms with Gasteiger partial charge in [0.05, 0.1) is 10.6 Å². The monoisotopic (exact) mass is 403 g/mol. The SMILES string of the molecule is C/C(=N/NC(=O)C1CC1c1ccccc1)c1cccc(NC(=O)c2cccs2)c1. The molecule has 0 saturated heterocycles. The minimum atomic E-state index is -0.138. The van der Waals surface area contributed by atoms with Gasteiger partial charge in [-0.3, -0.25) is 9.59 Å². The van der Waals surface area contributed by atoms with Crippen molar-refractivity contribution in [2.75, 3.05) is 5.32 Å². The number of carbonyl (C=O) groups excluding carboxylic acids is 2. The Morgan fingerprint density at radius 1 is 1.03 bits per heavy atom. The molecule has 0 radical (unpaired) electrons. The number of hydrogen-bond donors (Lipinski definition) is 2. The Hall–Kier alpha value is -3.25. The summed E-state index contributed by atoms with van der Waals surface area (Å²) in [5, 5.41) is 9.01. The minimum absolute atomic E-state index is 0.0228. The maximum atomic E-state index is 12.4. The van der Waals surface area contributed by atoms with Crippen molar-refractivity contribution in [2.45, 2.75) is 19.3 Å². The van der Waals surface area contributed by atoms with Crippen LogP contribution >= 0.6 is 11.3 Å². The van der Waals surface area contributed by atoms with Crippen LogP contribution in [0.3, 0.4) is 0 Å². The molecule has 2 aromatic carbocycles. The molecule has 1 aromatic heterocycles. The maximum absolute atomic E-state index is 12.4. The average Bonchev–Trinajstić information content (AvgIpc) is 3.36. The summed E-state index contributed by atoms with van der Waals surface area (Å²) < 4.78 is 0. The molecule has 0 bridgehead atoms. The molecular formula is C23H21N3O2S. The van der Waals surface area contributed by atoms with Crippen LogP contribution in [0.5, 0.6) is 0 Å². The van der Waals surface area contributed by atoms with Gasteiger partial charge in [-0.2, -0.15) is 5.10 Å². The van der Waals surface area contributed by atoms with Crippen LogP contribution in [0.2, 0.25) is 0 Å². The minimum Gasteiger partial charge on any atom is -0.321 e. The first-order chi connectivity index (χ1) is 14.1. The van der Waals surface area contributed by atoms with Crippen molar-refractivity contribution < 1.29 is 9.59 Å². The molecule has 1 saturated carbocycles. The molecule has 2 unspecified atom stereocenters. The predicted molar refractivity (Wildman–Crippen MR) is 116 cm³/mol. The van der Waals surface area contributed by atoms with Crippen molar-refractivity contribution in [1.82, 2.24) is 5.43 Å². The number of hydrazone groups is 1. The van der Waals surface area contributed by atoms with Crippen molar-refractivity contribution in [3.63, 3.8) is 0 Å². The molecule has 3 aromatic rings. The van der Waals surface area contributed by atoms with Crippen molar-refractivity contribution in [3.05, 3.63) is 88.1 Å². The van der Waals surface area contributed by atoms with E-state index in [-0.39, 0.29) is 23.7 Å². The summed E-state index contributed by atoms with van der Waals surface area (Å²) in [6.45, 7) is 1.84. The highest BCUT2D eigenvalue weighted by Crippen LogP contribution is 2.47. The molecule has 146 valence electrons. The van der Waals surface area contributed by atoms with Crippen LogP contribution < -0.4 is 10.7 Å². The fourth-order valence-electron chi connectivity index (χ4n) is 3.26. The lowest BCUT2D eigenvalue weighted by molar-refractivity contribution is -0.122. The predicted octanol–water partition coefficient (Wildman–Crippen LogP) is 4.64. The van der Waals surface area contributed by atoms with E-state index in [1.807, 2.05) is 60.8 Å². The Morgan fingerprint density at radius 3 is 2.62 bits per heavy atom. The second-order valence-corrected chi connectivity index (χ2v) is 7.99. The number of hydrogen-bond acceptors (Lipinski definition) is 4. The van der Waals surface area contributed by atoms with Gasteiger partial charge in [-0.05, 0) is 54.0 Å². The van der Waals surface area contributed by atoms with E-state index in [1.54, 1.807) is 6.07 Å². The maximum Gasteiger partial charge on any atom is 0.265 e. The van der Waals surface area contributed by atoms with E-state index < -0.39 is 0 Å². The Bertz CT molecular complexity index is 1050. The van der Waals surface area contributed by atoms with E-state index in [9.17, 15) is 9.59 Å². The number of benzene rings is 2. The first kappa shape index (κ1) is 19.1. The van der Waals surface area contributed by atoms with Gasteiger partial charge in [0.25, 0.3) is 5.91 Å². The van der Waals surface area contributed by atoms with Crippen LogP contribution in [0, 0.1) is 5.92 Å². The Morgan fingerprint density at radius 2 is 1.86 bits per heavy atom. The third kappa shape index (κ3) is 4.60. The average molecular weight is 404 g/mol. The lowest BCUT2D eigenvalue weighted by Crippen LogP contribution is -2.21. The van der Waals surface area contributed by atoms with Gasteiger partial charge in [-0.15, -0.1) is 11.3 Å². The summed E-state index contributed by atoms with van der Waals surface area (Å²) in [6.07, 6.45) is 0.856. The van der Waals surface area contributed by atoms with Gasteiger partial charge in [-0.25, -0.2) is 5.43 Å². The zero-order chi connectivity index (χ0) is 20.2. The summed E-state index contributed by atoms with van der Waals surface area (Å²) in [5.74, 6) is 0.0638. The third-order valence-corrected chi connectivity index (χ3v) is 5.84. The highest BCUT2D eigenvalue weighted by Gasteiger charge is 2.43. The lowest BCUT2D eigenvalue weighted by atomic mass is 10.1. The molecule has 1 fully saturated rings. The summed E-state index contributed by atoms with van der Waals surface area (Å²) in [4.78, 5) is 25.3. The smallest absolute Gasteiger partial charge is 0.265 e. The van der Waals surface area contributed by atoms with Crippen LogP contribution in [0.4, 0.5) is 5.69 Å². The zero-order valence-electron chi connectivity index (χ0n) is 16.0. The number of nitrogens with one attached hydrogen (secondary N) is 2. The summed E-state index contributed by atoms with van der Waals surface area (Å²) in [6, 6.07) is 21.1. The van der Waals surface area contributed by atoms with E-state index in [4.69, 9.17) is 0 Å². The number of carbonyl (C=O) groups is 2. The largest absolute Gasteiger partial charge is 0.321 e. The number of rotatable bonds is 6. The Kier molecular flexibility index (Phi) is 5.53. The van der Waals surface area contributed by atoms with Gasteiger partial charge in [0.2, 0.25) is 5.91 Å². The Labute approximate surface area is 173 Å². The number of nitrogens with zero attached hydrogens (tertiary/aromatic N) is 1. The normalized spacial score (nSPS) is 18.2. The first-order valence-electron chi connectivity index (χ1n) is 9.46. The molecule has 0 spiro atoms. The van der Waals surface area contributed by atoms with Gasteiger partial charge >= 0.3 is 0 Å². The van der Waals surface area contributed by atoms with E-state index >= 15 is 0 Å². The summed E-state index contributed by atoms with van der Waals surface area (Å²) in [5.41, 5.74) is 6.09. The highest BCUT2D eigenvalue weighted by atomic mass is 32.1. The van der Waals surface area contributed by atoms with Crippen LogP contribution in [0.15, 0.2) is 77.2 Å². The summed E-state index contributed by atoms with van der Waals surface area (Å²) in [7, 11) is 0. The molecule has 1 aliphatic carbocycles. The van der Waals surface area contributed by atoms with Gasteiger partial charge in [-0.1, -0.05) is 48.5 Å². The fraction of sp³-hybridized carbons (Fsp3) is 0.174. The van der Waals surface area contributed by atoms with E-state index in [1.165, 1.54) is 16.9 Å². The van der Waals surface area contributed by atoms with Gasteiger partial charge in [0.15, 0.2) is 0 Å². The quantitative estimate of drug-likeness (QED) is 0.465. The molecular weight excluding hydrogens is 382 g/mol. The van der Waals surface area contributed by atoms with E-state index in [2.05, 4.69) is 28.0 Å². The standard InChI is InChI=1S/C23H21N3O2S/c1-15(25-26-22(27)20-14-19(20)16-7-3-2-4-8-16)17-9-5-10-18(13-17)24-23(28)21-11-6-12-29-21/h2-13,19-20H,14H2,1H3,(H,24,28)(H,26,27)/b25-15-. The summed E-state index contributed by atoms with van der Waals surface area (Å²) >= 11 is 1.40. The van der Waals surface area contributed by atoms with Crippen LogP contribution in [0.25, 0.3) is 0 Å². The number of amides is 2. The van der Waals surface area contributed by atoms with Crippen molar-refractivity contribution in [1.29, 1.82) is 0 Å². The highest BCUT2D eigenvalue weighted by molar-refractivity contribution is 7.12. The van der Waals surface area contributed by atoms with Crippen LogP contribution in [-0.4, -0.2) is 17.5 Å². The van der Waals surface area contributed by atoms with Gasteiger partial charge < -0.3 is 5.32 Å². The fourth-order valence-corrected chi connectivity index (χ4v) is 3.88. The molecule has 6 heteroatoms. The van der Waals surface area contributed by atoms with Crippen LogP contribution in [-0.2, 0) is 4.79 Å². The third-order valence-electron chi connectivity index (χ3n) is 4.97. The molecule has 2 amide bonds. The van der Waals surface area contributed by atoms with Crippen molar-refractivity contribution in [3.8, 4) is 0 Å². The van der Waals surface area contributed by atoms with Crippen molar-refractivity contribution in [2.24, 2.45) is 11.0 Å². The Balaban J connectivity index is 1.37. The van der Waals surface area contributed by atoms with E-state index in [0.29, 0.717) is 16.3 Å². The van der Waals surface area contributed by atoms with Gasteiger partial charge in [0.1, 0.15) is 0 Å². The molecule has 4 rings (SSSR count). The topological polar surface area (TPSA) is 70.6 Å². The molecule has 0 aliphatic heterocycles. The second kappa shape index (κ2) is 8.41. The molecule has 1 aliphatic rings. The van der Waals surface area contributed by atoms with Crippen LogP contribution in [0.1, 0.15) is 40.1 Å². The van der Waals surface area contributed by atoms with Gasteiger partial charge in [0, 0.05) is 11.6 Å². The van der Waals surface area contributed by atoms with Crippen molar-refractivity contribution >= 4 is 34.6 Å². The lowest BCUT2D eigenvalue weighted by Gasteiger charge is -2.07. The molecule has 2 N–H and O–H groups in total. The molecule has 1 heterocycles. The number of thiophene rings is 1. The first-order valence-corrected chi connectivity index (χ1v) is 10.3. The second-order valence-electron chi connectivity index (χ2n) is 7.04. The van der Waals surface area contributed by atoms with E-state index in [0.717, 1.165) is 12.0 Å². The molecule has 5 nitrogen and oxygen atoms in total.